The minimum absolute atomic E-state index is 0.828. The lowest BCUT2D eigenvalue weighted by Crippen LogP contribution is -1.97. The number of nitrogens with zero attached hydrogens (tertiary/aromatic N) is 4. The highest BCUT2D eigenvalue weighted by atomic mass is 32.2. The van der Waals surface area contributed by atoms with Crippen LogP contribution in [0.5, 0.6) is 0 Å². The lowest BCUT2D eigenvalue weighted by Gasteiger charge is -2.11. The van der Waals surface area contributed by atoms with E-state index >= 15 is 0 Å². The molecule has 0 spiro atoms. The van der Waals surface area contributed by atoms with Crippen LogP contribution in [0.25, 0.3) is 16.6 Å². The number of aryl methyl sites for hydroxylation is 3. The number of aromatic nitrogens is 4. The number of benzene rings is 1. The summed E-state index contributed by atoms with van der Waals surface area (Å²) in [7, 11) is 0. The van der Waals surface area contributed by atoms with Crippen LogP contribution in [0.1, 0.15) is 22.3 Å². The van der Waals surface area contributed by atoms with Crippen molar-refractivity contribution < 1.29 is 0 Å². The van der Waals surface area contributed by atoms with Gasteiger partial charge in [0, 0.05) is 23.5 Å². The second kappa shape index (κ2) is 5.91. The van der Waals surface area contributed by atoms with Crippen LogP contribution in [-0.4, -0.2) is 19.6 Å². The summed E-state index contributed by atoms with van der Waals surface area (Å²) in [5, 5.41) is 11.0. The lowest BCUT2D eigenvalue weighted by atomic mass is 10.0. The molecule has 5 heteroatoms. The first-order chi connectivity index (χ1) is 11.6. The second-order valence-electron chi connectivity index (χ2n) is 6.13. The maximum Gasteiger partial charge on any atom is 0.196 e. The number of hydrogen-bond donors (Lipinski definition) is 0. The first-order valence-corrected chi connectivity index (χ1v) is 8.89. The van der Waals surface area contributed by atoms with E-state index < -0.39 is 0 Å². The molecule has 0 aliphatic carbocycles. The molecule has 120 valence electrons. The summed E-state index contributed by atoms with van der Waals surface area (Å²) in [6.45, 7) is 6.43. The highest BCUT2D eigenvalue weighted by Crippen LogP contribution is 2.30. The third kappa shape index (κ3) is 2.55. The average Bonchev–Trinajstić information content (AvgIpc) is 2.96. The van der Waals surface area contributed by atoms with Gasteiger partial charge in [-0.05, 0) is 55.7 Å². The minimum atomic E-state index is 0.828. The molecule has 3 aromatic heterocycles. The zero-order valence-electron chi connectivity index (χ0n) is 13.9. The molecule has 0 amide bonds. The molecule has 0 unspecified atom stereocenters. The summed E-state index contributed by atoms with van der Waals surface area (Å²) < 4.78 is 2.18. The van der Waals surface area contributed by atoms with Crippen LogP contribution >= 0.6 is 11.8 Å². The molecule has 0 bridgehead atoms. The van der Waals surface area contributed by atoms with Crippen LogP contribution in [0.4, 0.5) is 0 Å². The molecule has 4 rings (SSSR count). The van der Waals surface area contributed by atoms with Crippen molar-refractivity contribution in [3.8, 4) is 0 Å². The van der Waals surface area contributed by atoms with Crippen LogP contribution in [-0.2, 0) is 5.75 Å². The van der Waals surface area contributed by atoms with Crippen molar-refractivity contribution in [2.75, 3.05) is 0 Å². The molecule has 0 saturated carbocycles. The molecule has 1 aromatic carbocycles. The fourth-order valence-electron chi connectivity index (χ4n) is 3.14. The van der Waals surface area contributed by atoms with Crippen molar-refractivity contribution in [3.63, 3.8) is 0 Å². The molecule has 0 atom stereocenters. The fraction of sp³-hybridized carbons (Fsp3) is 0.211. The second-order valence-corrected chi connectivity index (χ2v) is 7.07. The Bertz CT molecular complexity index is 1040. The van der Waals surface area contributed by atoms with Gasteiger partial charge in [-0.1, -0.05) is 29.5 Å². The van der Waals surface area contributed by atoms with Crippen LogP contribution in [0.15, 0.2) is 47.9 Å². The van der Waals surface area contributed by atoms with E-state index in [0.717, 1.165) is 16.6 Å². The first kappa shape index (κ1) is 15.1. The molecule has 4 nitrogen and oxygen atoms in total. The van der Waals surface area contributed by atoms with Crippen molar-refractivity contribution in [1.82, 2.24) is 19.6 Å². The van der Waals surface area contributed by atoms with Gasteiger partial charge in [0.25, 0.3) is 0 Å². The van der Waals surface area contributed by atoms with E-state index in [1.165, 1.54) is 33.2 Å². The molecule has 24 heavy (non-hydrogen) atoms. The fourth-order valence-corrected chi connectivity index (χ4v) is 4.02. The highest BCUT2D eigenvalue weighted by molar-refractivity contribution is 7.98. The standard InChI is InChI=1S/C19H18N4S/c1-12-7-14(3)18-16(8-12)13(2)9-17-21-22-19(23(17)18)24-11-15-5-4-6-20-10-15/h4-10H,11H2,1-3H3. The molecule has 0 fully saturated rings. The number of rotatable bonds is 3. The van der Waals surface area contributed by atoms with E-state index in [-0.39, 0.29) is 0 Å². The maximum atomic E-state index is 4.42. The largest absolute Gasteiger partial charge is 0.270 e. The predicted molar refractivity (Wildman–Crippen MR) is 98.5 cm³/mol. The van der Waals surface area contributed by atoms with Gasteiger partial charge < -0.3 is 0 Å². The molecule has 0 aliphatic rings. The summed E-state index contributed by atoms with van der Waals surface area (Å²) in [6, 6.07) is 10.6. The molecular formula is C19H18N4S. The average molecular weight is 334 g/mol. The van der Waals surface area contributed by atoms with Gasteiger partial charge >= 0.3 is 0 Å². The van der Waals surface area contributed by atoms with E-state index in [0.29, 0.717) is 0 Å². The Hall–Kier alpha value is -2.40. The molecular weight excluding hydrogens is 316 g/mol. The molecule has 0 radical (unpaired) electrons. The highest BCUT2D eigenvalue weighted by Gasteiger charge is 2.13. The summed E-state index contributed by atoms with van der Waals surface area (Å²) in [5.74, 6) is 0.828. The van der Waals surface area contributed by atoms with Crippen molar-refractivity contribution >= 4 is 28.3 Å². The lowest BCUT2D eigenvalue weighted by molar-refractivity contribution is 0.937. The Morgan fingerprint density at radius 3 is 2.71 bits per heavy atom. The van der Waals surface area contributed by atoms with Crippen molar-refractivity contribution in [2.45, 2.75) is 31.7 Å². The molecule has 0 N–H and O–H groups in total. The number of pyridine rings is 2. The first-order valence-electron chi connectivity index (χ1n) is 7.91. The van der Waals surface area contributed by atoms with Gasteiger partial charge in [-0.3, -0.25) is 9.38 Å². The molecule has 0 aliphatic heterocycles. The molecule has 3 heterocycles. The van der Waals surface area contributed by atoms with Gasteiger partial charge in [0.15, 0.2) is 10.8 Å². The Balaban J connectivity index is 1.87. The van der Waals surface area contributed by atoms with Crippen LogP contribution in [0.2, 0.25) is 0 Å². The van der Waals surface area contributed by atoms with Crippen molar-refractivity contribution in [1.29, 1.82) is 0 Å². The van der Waals surface area contributed by atoms with Crippen molar-refractivity contribution in [2.24, 2.45) is 0 Å². The van der Waals surface area contributed by atoms with E-state index in [9.17, 15) is 0 Å². The van der Waals surface area contributed by atoms with Gasteiger partial charge in [0.2, 0.25) is 0 Å². The molecule has 0 saturated heterocycles. The summed E-state index contributed by atoms with van der Waals surface area (Å²) in [6.07, 6.45) is 3.69. The Morgan fingerprint density at radius 2 is 1.92 bits per heavy atom. The third-order valence-corrected chi connectivity index (χ3v) is 5.19. The maximum absolute atomic E-state index is 4.42. The quantitative estimate of drug-likeness (QED) is 0.518. The van der Waals surface area contributed by atoms with Gasteiger partial charge in [0.1, 0.15) is 0 Å². The zero-order chi connectivity index (χ0) is 16.7. The summed E-state index contributed by atoms with van der Waals surface area (Å²) >= 11 is 1.69. The van der Waals surface area contributed by atoms with E-state index in [2.05, 4.69) is 64.6 Å². The summed E-state index contributed by atoms with van der Waals surface area (Å²) in [5.41, 5.74) is 7.06. The number of fused-ring (bicyclic) bond motifs is 3. The molecule has 4 aromatic rings. The van der Waals surface area contributed by atoms with Crippen LogP contribution < -0.4 is 0 Å². The van der Waals surface area contributed by atoms with Crippen molar-refractivity contribution in [3.05, 3.63) is 65.0 Å². The smallest absolute Gasteiger partial charge is 0.196 e. The minimum Gasteiger partial charge on any atom is -0.270 e. The normalized spacial score (nSPS) is 11.5. The van der Waals surface area contributed by atoms with Crippen LogP contribution in [0.3, 0.4) is 0 Å². The zero-order valence-corrected chi connectivity index (χ0v) is 14.8. The van der Waals surface area contributed by atoms with E-state index in [1.807, 2.05) is 12.3 Å². The van der Waals surface area contributed by atoms with E-state index in [1.54, 1.807) is 18.0 Å². The number of hydrogen-bond acceptors (Lipinski definition) is 4. The summed E-state index contributed by atoms with van der Waals surface area (Å²) in [4.78, 5) is 4.18. The van der Waals surface area contributed by atoms with Gasteiger partial charge in [-0.15, -0.1) is 10.2 Å². The Kier molecular flexibility index (Phi) is 3.73. The van der Waals surface area contributed by atoms with Gasteiger partial charge in [-0.25, -0.2) is 0 Å². The SMILES string of the molecule is Cc1cc(C)c2c(c1)c(C)cc1nnc(SCc3cccnc3)n12. The third-order valence-electron chi connectivity index (χ3n) is 4.19. The number of thioether (sulfide) groups is 1. The van der Waals surface area contributed by atoms with E-state index in [4.69, 9.17) is 0 Å². The van der Waals surface area contributed by atoms with Gasteiger partial charge in [0.05, 0.1) is 5.52 Å². The predicted octanol–water partition coefficient (Wildman–Crippen LogP) is 4.50. The topological polar surface area (TPSA) is 43.1 Å². The van der Waals surface area contributed by atoms with Gasteiger partial charge in [-0.2, -0.15) is 0 Å². The van der Waals surface area contributed by atoms with Crippen LogP contribution in [0, 0.1) is 20.8 Å². The Labute approximate surface area is 144 Å². The monoisotopic (exact) mass is 334 g/mol. The Morgan fingerprint density at radius 1 is 1.04 bits per heavy atom.